The fourth-order valence-electron chi connectivity index (χ4n) is 1.59. The maximum Gasteiger partial charge on any atom is 0.416 e. The van der Waals surface area contributed by atoms with E-state index in [1.807, 2.05) is 0 Å². The van der Waals surface area contributed by atoms with Gasteiger partial charge in [0.05, 0.1) is 18.7 Å². The van der Waals surface area contributed by atoms with Crippen LogP contribution in [0.1, 0.15) is 11.1 Å². The highest BCUT2D eigenvalue weighted by atomic mass is 19.4. The van der Waals surface area contributed by atoms with Crippen molar-refractivity contribution in [1.29, 1.82) is 0 Å². The Morgan fingerprint density at radius 2 is 2.11 bits per heavy atom. The fraction of sp³-hybridized carbons (Fsp3) is 0.308. The molecule has 0 radical (unpaired) electrons. The zero-order chi connectivity index (χ0) is 14.5. The highest BCUT2D eigenvalue weighted by Crippen LogP contribution is 2.29. The van der Waals surface area contributed by atoms with Gasteiger partial charge in [-0.1, -0.05) is 24.1 Å². The number of nitrogens with zero attached hydrogens (tertiary/aromatic N) is 1. The normalized spacial score (nSPS) is 11.3. The van der Waals surface area contributed by atoms with E-state index in [1.54, 1.807) is 0 Å². The van der Waals surface area contributed by atoms with Crippen LogP contribution in [0.3, 0.4) is 0 Å². The van der Waals surface area contributed by atoms with Crippen LogP contribution in [-0.2, 0) is 17.5 Å². The summed E-state index contributed by atoms with van der Waals surface area (Å²) in [6.07, 6.45) is 0.676. The summed E-state index contributed by atoms with van der Waals surface area (Å²) >= 11 is 0. The Kier molecular flexibility index (Phi) is 4.95. The Balaban J connectivity index is 2.85. The Bertz CT molecular complexity index is 491. The van der Waals surface area contributed by atoms with E-state index in [1.165, 1.54) is 17.0 Å². The lowest BCUT2D eigenvalue weighted by Crippen LogP contribution is -2.29. The van der Waals surface area contributed by atoms with Gasteiger partial charge in [0.1, 0.15) is 0 Å². The van der Waals surface area contributed by atoms with Crippen LogP contribution in [0.25, 0.3) is 0 Å². The van der Waals surface area contributed by atoms with E-state index in [9.17, 15) is 18.0 Å². The van der Waals surface area contributed by atoms with Crippen LogP contribution in [0.15, 0.2) is 24.3 Å². The minimum Gasteiger partial charge on any atom is -0.480 e. The van der Waals surface area contributed by atoms with Gasteiger partial charge in [-0.3, -0.25) is 9.69 Å². The van der Waals surface area contributed by atoms with Gasteiger partial charge < -0.3 is 5.11 Å². The van der Waals surface area contributed by atoms with Gasteiger partial charge >= 0.3 is 12.1 Å². The molecule has 0 atom stereocenters. The Morgan fingerprint density at radius 1 is 1.42 bits per heavy atom. The summed E-state index contributed by atoms with van der Waals surface area (Å²) in [5, 5.41) is 8.68. The van der Waals surface area contributed by atoms with Gasteiger partial charge in [-0.15, -0.1) is 6.42 Å². The first-order valence-corrected chi connectivity index (χ1v) is 5.36. The summed E-state index contributed by atoms with van der Waals surface area (Å²) in [5.74, 6) is 1.20. The molecule has 1 N–H and O–H groups in total. The molecule has 1 rings (SSSR count). The minimum atomic E-state index is -4.42. The first-order valence-electron chi connectivity index (χ1n) is 5.36. The molecule has 0 heterocycles. The molecule has 1 aromatic carbocycles. The Labute approximate surface area is 108 Å². The monoisotopic (exact) mass is 271 g/mol. The van der Waals surface area contributed by atoms with Crippen molar-refractivity contribution >= 4 is 5.97 Å². The summed E-state index contributed by atoms with van der Waals surface area (Å²) in [6, 6.07) is 4.74. The molecule has 19 heavy (non-hydrogen) atoms. The van der Waals surface area contributed by atoms with E-state index in [2.05, 4.69) is 5.92 Å². The van der Waals surface area contributed by atoms with E-state index in [4.69, 9.17) is 11.5 Å². The van der Waals surface area contributed by atoms with Crippen molar-refractivity contribution in [3.8, 4) is 12.3 Å². The van der Waals surface area contributed by atoms with Crippen molar-refractivity contribution in [1.82, 2.24) is 4.90 Å². The maximum absolute atomic E-state index is 12.5. The topological polar surface area (TPSA) is 40.5 Å². The number of halogens is 3. The van der Waals surface area contributed by atoms with Crippen molar-refractivity contribution in [2.75, 3.05) is 13.1 Å². The molecular weight excluding hydrogens is 259 g/mol. The molecule has 0 unspecified atom stereocenters. The van der Waals surface area contributed by atoms with Crippen LogP contribution in [0.5, 0.6) is 0 Å². The van der Waals surface area contributed by atoms with Crippen LogP contribution in [0, 0.1) is 12.3 Å². The smallest absolute Gasteiger partial charge is 0.416 e. The molecule has 0 bridgehead atoms. The molecule has 3 nitrogen and oxygen atoms in total. The van der Waals surface area contributed by atoms with E-state index in [0.29, 0.717) is 5.56 Å². The van der Waals surface area contributed by atoms with Gasteiger partial charge in [0.25, 0.3) is 0 Å². The second kappa shape index (κ2) is 6.25. The molecule has 0 aromatic heterocycles. The number of hydrogen-bond acceptors (Lipinski definition) is 2. The quantitative estimate of drug-likeness (QED) is 0.835. The fourth-order valence-corrected chi connectivity index (χ4v) is 1.59. The number of alkyl halides is 3. The second-order valence-electron chi connectivity index (χ2n) is 3.94. The lowest BCUT2D eigenvalue weighted by atomic mass is 10.1. The molecule has 6 heteroatoms. The van der Waals surface area contributed by atoms with Gasteiger partial charge in [-0.05, 0) is 11.6 Å². The van der Waals surface area contributed by atoms with E-state index >= 15 is 0 Å². The highest BCUT2D eigenvalue weighted by molar-refractivity contribution is 5.69. The third-order valence-corrected chi connectivity index (χ3v) is 2.33. The summed E-state index contributed by atoms with van der Waals surface area (Å²) in [6.45, 7) is -0.205. The van der Waals surface area contributed by atoms with E-state index in [0.717, 1.165) is 12.1 Å². The number of benzene rings is 1. The van der Waals surface area contributed by atoms with Gasteiger partial charge in [-0.25, -0.2) is 0 Å². The molecule has 0 aliphatic carbocycles. The number of terminal acetylenes is 1. The lowest BCUT2D eigenvalue weighted by Gasteiger charge is -2.18. The van der Waals surface area contributed by atoms with Crippen LogP contribution < -0.4 is 0 Å². The first kappa shape index (κ1) is 15.1. The summed E-state index contributed by atoms with van der Waals surface area (Å²) in [5.41, 5.74) is -0.396. The molecule has 0 aliphatic heterocycles. The van der Waals surface area contributed by atoms with Crippen molar-refractivity contribution in [3.63, 3.8) is 0 Å². The van der Waals surface area contributed by atoms with Crippen LogP contribution in [-0.4, -0.2) is 29.1 Å². The van der Waals surface area contributed by atoms with E-state index < -0.39 is 17.7 Å². The molecule has 0 saturated carbocycles. The molecular formula is C13H12F3NO2. The molecule has 1 aromatic rings. The SMILES string of the molecule is C#CCN(CC(=O)O)Cc1cccc(C(F)(F)F)c1. The van der Waals surface area contributed by atoms with Crippen molar-refractivity contribution < 1.29 is 23.1 Å². The van der Waals surface area contributed by atoms with Gasteiger partial charge in [-0.2, -0.15) is 13.2 Å². The molecule has 0 aliphatic rings. The molecule has 0 saturated heterocycles. The zero-order valence-corrected chi connectivity index (χ0v) is 9.94. The number of carbonyl (C=O) groups is 1. The minimum absolute atomic E-state index is 0.0560. The molecule has 0 spiro atoms. The van der Waals surface area contributed by atoms with Crippen molar-refractivity contribution in [2.24, 2.45) is 0 Å². The summed E-state index contributed by atoms with van der Waals surface area (Å²) in [4.78, 5) is 12.0. The summed E-state index contributed by atoms with van der Waals surface area (Å²) < 4.78 is 37.6. The second-order valence-corrected chi connectivity index (χ2v) is 3.94. The molecule has 0 fully saturated rings. The average molecular weight is 271 g/mol. The van der Waals surface area contributed by atoms with Crippen LogP contribution in [0.4, 0.5) is 13.2 Å². The Morgan fingerprint density at radius 3 is 2.63 bits per heavy atom. The number of aliphatic carboxylic acids is 1. The van der Waals surface area contributed by atoms with Gasteiger partial charge in [0.15, 0.2) is 0 Å². The predicted molar refractivity (Wildman–Crippen MR) is 63.2 cm³/mol. The third-order valence-electron chi connectivity index (χ3n) is 2.33. The summed E-state index contributed by atoms with van der Waals surface area (Å²) in [7, 11) is 0. The Hall–Kier alpha value is -2.00. The first-order chi connectivity index (χ1) is 8.82. The number of carboxylic acids is 1. The molecule has 0 amide bonds. The lowest BCUT2D eigenvalue weighted by molar-refractivity contribution is -0.139. The largest absolute Gasteiger partial charge is 0.480 e. The number of rotatable bonds is 5. The molecule has 102 valence electrons. The van der Waals surface area contributed by atoms with Gasteiger partial charge in [0.2, 0.25) is 0 Å². The third kappa shape index (κ3) is 5.02. The van der Waals surface area contributed by atoms with Crippen molar-refractivity contribution in [3.05, 3.63) is 35.4 Å². The maximum atomic E-state index is 12.5. The van der Waals surface area contributed by atoms with Gasteiger partial charge in [0, 0.05) is 6.54 Å². The van der Waals surface area contributed by atoms with Crippen LogP contribution in [0.2, 0.25) is 0 Å². The number of hydrogen-bond donors (Lipinski definition) is 1. The number of carboxylic acid groups (broad SMARTS) is 1. The van der Waals surface area contributed by atoms with E-state index in [-0.39, 0.29) is 19.6 Å². The average Bonchev–Trinajstić information content (AvgIpc) is 2.27. The highest BCUT2D eigenvalue weighted by Gasteiger charge is 2.30. The standard InChI is InChI=1S/C13H12F3NO2/c1-2-6-17(9-12(18)19)8-10-4-3-5-11(7-10)13(14,15)16/h1,3-5,7H,6,8-9H2,(H,18,19). The zero-order valence-electron chi connectivity index (χ0n) is 9.94. The van der Waals surface area contributed by atoms with Crippen molar-refractivity contribution in [2.45, 2.75) is 12.7 Å². The predicted octanol–water partition coefficient (Wildman–Crippen LogP) is 2.23. The van der Waals surface area contributed by atoms with Crippen LogP contribution >= 0.6 is 0 Å².